The minimum absolute atomic E-state index is 0.195. The van der Waals surface area contributed by atoms with E-state index in [2.05, 4.69) is 10.6 Å². The van der Waals surface area contributed by atoms with Crippen LogP contribution < -0.4 is 10.6 Å². The Balaban J connectivity index is 1.53. The molecule has 1 atom stereocenters. The first kappa shape index (κ1) is 13.3. The molecule has 0 spiro atoms. The van der Waals surface area contributed by atoms with E-state index in [0.717, 1.165) is 12.3 Å². The SMILES string of the molecule is O=C(NCC(O)COCC1CC1)Nc1ccsc1. The molecule has 100 valence electrons. The zero-order valence-corrected chi connectivity index (χ0v) is 10.9. The number of aliphatic hydroxyl groups excluding tert-OH is 1. The molecule has 1 unspecified atom stereocenters. The van der Waals surface area contributed by atoms with Crippen molar-refractivity contribution in [3.05, 3.63) is 16.8 Å². The van der Waals surface area contributed by atoms with Crippen LogP contribution in [0.5, 0.6) is 0 Å². The molecule has 1 aromatic heterocycles. The predicted molar refractivity (Wildman–Crippen MR) is 70.9 cm³/mol. The lowest BCUT2D eigenvalue weighted by Gasteiger charge is -2.12. The summed E-state index contributed by atoms with van der Waals surface area (Å²) in [6.07, 6.45) is 1.81. The number of amides is 2. The van der Waals surface area contributed by atoms with Crippen LogP contribution in [0.4, 0.5) is 10.5 Å². The number of hydrogen-bond donors (Lipinski definition) is 3. The third kappa shape index (κ3) is 5.03. The number of rotatable bonds is 7. The van der Waals surface area contributed by atoms with Crippen LogP contribution in [0.15, 0.2) is 16.8 Å². The summed E-state index contributed by atoms with van der Waals surface area (Å²) in [5, 5.41) is 18.6. The van der Waals surface area contributed by atoms with E-state index in [9.17, 15) is 9.90 Å². The number of aliphatic hydroxyl groups is 1. The Morgan fingerprint density at radius 2 is 2.44 bits per heavy atom. The van der Waals surface area contributed by atoms with E-state index < -0.39 is 6.10 Å². The predicted octanol–water partition coefficient (Wildman–Crippen LogP) is 1.66. The first-order valence-corrected chi connectivity index (χ1v) is 7.01. The second kappa shape index (κ2) is 6.72. The van der Waals surface area contributed by atoms with Gasteiger partial charge in [0.05, 0.1) is 18.4 Å². The summed E-state index contributed by atoms with van der Waals surface area (Å²) in [6.45, 7) is 1.19. The number of anilines is 1. The lowest BCUT2D eigenvalue weighted by atomic mass is 10.4. The monoisotopic (exact) mass is 270 g/mol. The number of ether oxygens (including phenoxy) is 1. The van der Waals surface area contributed by atoms with Crippen molar-refractivity contribution in [3.63, 3.8) is 0 Å². The van der Waals surface area contributed by atoms with Crippen LogP contribution in [-0.2, 0) is 4.74 Å². The summed E-state index contributed by atoms with van der Waals surface area (Å²) in [6, 6.07) is 1.51. The Morgan fingerprint density at radius 1 is 1.61 bits per heavy atom. The van der Waals surface area contributed by atoms with E-state index in [1.54, 1.807) is 0 Å². The van der Waals surface area contributed by atoms with E-state index >= 15 is 0 Å². The molecule has 2 amide bonds. The highest BCUT2D eigenvalue weighted by molar-refractivity contribution is 7.08. The van der Waals surface area contributed by atoms with E-state index in [0.29, 0.717) is 5.92 Å². The molecule has 5 nitrogen and oxygen atoms in total. The maximum atomic E-state index is 11.4. The Bertz CT molecular complexity index is 365. The molecule has 0 bridgehead atoms. The highest BCUT2D eigenvalue weighted by atomic mass is 32.1. The first-order valence-electron chi connectivity index (χ1n) is 6.07. The van der Waals surface area contributed by atoms with Crippen LogP contribution >= 0.6 is 11.3 Å². The van der Waals surface area contributed by atoms with Gasteiger partial charge >= 0.3 is 6.03 Å². The Labute approximate surface area is 110 Å². The molecule has 0 aromatic carbocycles. The Hall–Kier alpha value is -1.11. The number of carbonyl (C=O) groups is 1. The fourth-order valence-electron chi connectivity index (χ4n) is 1.44. The lowest BCUT2D eigenvalue weighted by molar-refractivity contribution is 0.0339. The fourth-order valence-corrected chi connectivity index (χ4v) is 2.02. The van der Waals surface area contributed by atoms with Crippen LogP contribution in [0, 0.1) is 5.92 Å². The molecule has 1 aliphatic carbocycles. The first-order chi connectivity index (χ1) is 8.74. The summed E-state index contributed by atoms with van der Waals surface area (Å²) < 4.78 is 5.34. The van der Waals surface area contributed by atoms with Crippen molar-refractivity contribution >= 4 is 23.1 Å². The number of thiophene rings is 1. The highest BCUT2D eigenvalue weighted by Crippen LogP contribution is 2.28. The molecule has 0 saturated heterocycles. The molecular formula is C12H18N2O3S. The fraction of sp³-hybridized carbons (Fsp3) is 0.583. The Morgan fingerprint density at radius 3 is 3.11 bits per heavy atom. The highest BCUT2D eigenvalue weighted by Gasteiger charge is 2.21. The largest absolute Gasteiger partial charge is 0.389 e. The van der Waals surface area contributed by atoms with E-state index in [1.165, 1.54) is 24.2 Å². The Kier molecular flexibility index (Phi) is 4.98. The van der Waals surface area contributed by atoms with Crippen LogP contribution in [0.3, 0.4) is 0 Å². The molecule has 1 aromatic rings. The molecule has 1 fully saturated rings. The molecule has 0 aliphatic heterocycles. The minimum Gasteiger partial charge on any atom is -0.389 e. The maximum Gasteiger partial charge on any atom is 0.319 e. The van der Waals surface area contributed by atoms with E-state index in [4.69, 9.17) is 4.74 Å². The number of carbonyl (C=O) groups excluding carboxylic acids is 1. The third-order valence-corrected chi connectivity index (χ3v) is 3.32. The molecule has 1 heterocycles. The normalized spacial score (nSPS) is 16.3. The van der Waals surface area contributed by atoms with Crippen molar-refractivity contribution in [3.8, 4) is 0 Å². The smallest absolute Gasteiger partial charge is 0.319 e. The van der Waals surface area contributed by atoms with E-state index in [1.807, 2.05) is 16.8 Å². The molecule has 2 rings (SSSR count). The van der Waals surface area contributed by atoms with Gasteiger partial charge in [0, 0.05) is 18.5 Å². The summed E-state index contributed by atoms with van der Waals surface area (Å²) in [5.74, 6) is 0.687. The van der Waals surface area contributed by atoms with Gasteiger partial charge in [-0.1, -0.05) is 0 Å². The van der Waals surface area contributed by atoms with Gasteiger partial charge in [0.25, 0.3) is 0 Å². The van der Waals surface area contributed by atoms with Crippen LogP contribution in [0.25, 0.3) is 0 Å². The zero-order valence-electron chi connectivity index (χ0n) is 10.1. The maximum absolute atomic E-state index is 11.4. The van der Waals surface area contributed by atoms with Gasteiger partial charge in [-0.25, -0.2) is 4.79 Å². The van der Waals surface area contributed by atoms with Gasteiger partial charge in [0.1, 0.15) is 0 Å². The van der Waals surface area contributed by atoms with Crippen molar-refractivity contribution in [2.75, 3.05) is 25.1 Å². The van der Waals surface area contributed by atoms with Gasteiger partial charge in [-0.3, -0.25) is 0 Å². The topological polar surface area (TPSA) is 70.6 Å². The van der Waals surface area contributed by atoms with Crippen LogP contribution in [-0.4, -0.2) is 37.0 Å². The summed E-state index contributed by atoms with van der Waals surface area (Å²) in [7, 11) is 0. The minimum atomic E-state index is -0.656. The van der Waals surface area contributed by atoms with Gasteiger partial charge in [-0.05, 0) is 30.2 Å². The van der Waals surface area contributed by atoms with Crippen LogP contribution in [0.1, 0.15) is 12.8 Å². The zero-order chi connectivity index (χ0) is 12.8. The molecule has 1 saturated carbocycles. The van der Waals surface area contributed by atoms with Gasteiger partial charge in [-0.15, -0.1) is 0 Å². The third-order valence-electron chi connectivity index (χ3n) is 2.64. The lowest BCUT2D eigenvalue weighted by Crippen LogP contribution is -2.37. The molecule has 0 radical (unpaired) electrons. The van der Waals surface area contributed by atoms with E-state index in [-0.39, 0.29) is 19.2 Å². The van der Waals surface area contributed by atoms with Crippen molar-refractivity contribution in [2.45, 2.75) is 18.9 Å². The standard InChI is InChI=1S/C12H18N2O3S/c15-11(7-17-6-9-1-2-9)5-13-12(16)14-10-3-4-18-8-10/h3-4,8-9,11,15H,1-2,5-7H2,(H2,13,14,16). The number of urea groups is 1. The summed E-state index contributed by atoms with van der Waals surface area (Å²) >= 11 is 1.51. The van der Waals surface area contributed by atoms with Gasteiger partial charge in [-0.2, -0.15) is 11.3 Å². The summed E-state index contributed by atoms with van der Waals surface area (Å²) in [4.78, 5) is 11.4. The van der Waals surface area contributed by atoms with Crippen LogP contribution in [0.2, 0.25) is 0 Å². The molecule has 18 heavy (non-hydrogen) atoms. The average Bonchev–Trinajstić information content (AvgIpc) is 3.03. The second-order valence-corrected chi connectivity index (χ2v) is 5.26. The molecule has 1 aliphatic rings. The van der Waals surface area contributed by atoms with Crippen molar-refractivity contribution in [2.24, 2.45) is 5.92 Å². The van der Waals surface area contributed by atoms with Crippen molar-refractivity contribution in [1.29, 1.82) is 0 Å². The van der Waals surface area contributed by atoms with Crippen molar-refractivity contribution < 1.29 is 14.6 Å². The summed E-state index contributed by atoms with van der Waals surface area (Å²) in [5.41, 5.74) is 0.761. The van der Waals surface area contributed by atoms with Gasteiger partial charge in [0.15, 0.2) is 0 Å². The van der Waals surface area contributed by atoms with Gasteiger partial charge in [0.2, 0.25) is 0 Å². The molecule has 6 heteroatoms. The quantitative estimate of drug-likeness (QED) is 0.705. The molecule has 3 N–H and O–H groups in total. The number of hydrogen-bond acceptors (Lipinski definition) is 4. The second-order valence-electron chi connectivity index (χ2n) is 4.48. The van der Waals surface area contributed by atoms with Crippen molar-refractivity contribution in [1.82, 2.24) is 5.32 Å². The van der Waals surface area contributed by atoms with Gasteiger partial charge < -0.3 is 20.5 Å². The average molecular weight is 270 g/mol. The molecular weight excluding hydrogens is 252 g/mol. The number of nitrogens with one attached hydrogen (secondary N) is 2.